The third-order valence-electron chi connectivity index (χ3n) is 3.41. The fourth-order valence-electron chi connectivity index (χ4n) is 2.47. The molecular weight excluding hydrogens is 206 g/mol. The highest BCUT2D eigenvalue weighted by molar-refractivity contribution is 5.64. The first kappa shape index (κ1) is 9.66. The number of hydrogen-bond donors (Lipinski definition) is 1. The van der Waals surface area contributed by atoms with Gasteiger partial charge in [0.05, 0.1) is 6.54 Å². The van der Waals surface area contributed by atoms with E-state index in [1.54, 1.807) is 0 Å². The predicted octanol–water partition coefficient (Wildman–Crippen LogP) is 1.91. The molecule has 1 N–H and O–H groups in total. The van der Waals surface area contributed by atoms with Crippen LogP contribution >= 0.6 is 0 Å². The summed E-state index contributed by atoms with van der Waals surface area (Å²) < 4.78 is 0. The highest BCUT2D eigenvalue weighted by atomic mass is 16.7. The van der Waals surface area contributed by atoms with Gasteiger partial charge in [-0.25, -0.2) is 4.79 Å². The third kappa shape index (κ3) is 1.46. The summed E-state index contributed by atoms with van der Waals surface area (Å²) in [6.45, 7) is 0.516. The largest absolute Gasteiger partial charge is 0.463 e. The van der Waals surface area contributed by atoms with Crippen molar-refractivity contribution >= 4 is 6.09 Å². The SMILES string of the molecule is O=C(O)N1CC2CC2(Cc2ccccc2)O1. The number of carboxylic acid groups (broad SMARTS) is 1. The number of carbonyl (C=O) groups is 1. The smallest absolute Gasteiger partial charge is 0.431 e. The Bertz CT molecular complexity index is 420. The summed E-state index contributed by atoms with van der Waals surface area (Å²) in [6.07, 6.45) is 0.799. The maximum absolute atomic E-state index is 10.8. The molecular formula is C12H13NO3. The molecule has 4 nitrogen and oxygen atoms in total. The summed E-state index contributed by atoms with van der Waals surface area (Å²) in [5, 5.41) is 9.90. The minimum Gasteiger partial charge on any atom is -0.463 e. The number of amides is 1. The first-order chi connectivity index (χ1) is 7.70. The molecule has 0 spiro atoms. The Hall–Kier alpha value is -1.55. The molecule has 2 fully saturated rings. The van der Waals surface area contributed by atoms with Gasteiger partial charge < -0.3 is 5.11 Å². The van der Waals surface area contributed by atoms with E-state index in [1.807, 2.05) is 18.2 Å². The molecule has 1 heterocycles. The first-order valence-electron chi connectivity index (χ1n) is 5.43. The van der Waals surface area contributed by atoms with Crippen molar-refractivity contribution in [2.45, 2.75) is 18.4 Å². The standard InChI is InChI=1S/C12H13NO3/c14-11(15)13-8-10-7-12(10,16-13)6-9-4-2-1-3-5-9/h1-5,10H,6-8H2,(H,14,15). The van der Waals surface area contributed by atoms with Gasteiger partial charge in [0.1, 0.15) is 5.60 Å². The zero-order valence-corrected chi connectivity index (χ0v) is 8.80. The molecule has 1 aliphatic heterocycles. The molecule has 1 aliphatic carbocycles. The number of fused-ring (bicyclic) bond motifs is 1. The zero-order valence-electron chi connectivity index (χ0n) is 8.80. The Morgan fingerprint density at radius 1 is 1.50 bits per heavy atom. The molecule has 1 saturated carbocycles. The van der Waals surface area contributed by atoms with E-state index in [4.69, 9.17) is 9.94 Å². The normalized spacial score (nSPS) is 31.2. The van der Waals surface area contributed by atoms with Crippen LogP contribution in [0.5, 0.6) is 0 Å². The molecule has 3 rings (SSSR count). The second-order valence-corrected chi connectivity index (χ2v) is 4.56. The van der Waals surface area contributed by atoms with Gasteiger partial charge in [-0.1, -0.05) is 30.3 Å². The van der Waals surface area contributed by atoms with E-state index in [0.717, 1.165) is 17.9 Å². The minimum absolute atomic E-state index is 0.236. The molecule has 2 unspecified atom stereocenters. The topological polar surface area (TPSA) is 49.8 Å². The summed E-state index contributed by atoms with van der Waals surface area (Å²) >= 11 is 0. The molecule has 0 radical (unpaired) electrons. The molecule has 2 atom stereocenters. The van der Waals surface area contributed by atoms with E-state index in [0.29, 0.717) is 12.5 Å². The number of benzene rings is 1. The summed E-state index contributed by atoms with van der Waals surface area (Å²) in [7, 11) is 0. The maximum Gasteiger partial charge on any atom is 0.431 e. The van der Waals surface area contributed by atoms with Gasteiger partial charge in [0.2, 0.25) is 0 Å². The van der Waals surface area contributed by atoms with Crippen molar-refractivity contribution in [1.29, 1.82) is 0 Å². The fourth-order valence-corrected chi connectivity index (χ4v) is 2.47. The second-order valence-electron chi connectivity index (χ2n) is 4.56. The van der Waals surface area contributed by atoms with Crippen LogP contribution in [0.25, 0.3) is 0 Å². The van der Waals surface area contributed by atoms with Gasteiger partial charge in [-0.3, -0.25) is 4.84 Å². The first-order valence-corrected chi connectivity index (χ1v) is 5.43. The van der Waals surface area contributed by atoms with E-state index >= 15 is 0 Å². The number of rotatable bonds is 2. The van der Waals surface area contributed by atoms with Gasteiger partial charge in [-0.2, -0.15) is 5.06 Å². The zero-order chi connectivity index (χ0) is 11.2. The minimum atomic E-state index is -0.986. The van der Waals surface area contributed by atoms with Gasteiger partial charge in [0, 0.05) is 12.3 Å². The molecule has 84 valence electrons. The van der Waals surface area contributed by atoms with Crippen molar-refractivity contribution < 1.29 is 14.7 Å². The van der Waals surface area contributed by atoms with Gasteiger partial charge in [0.15, 0.2) is 0 Å². The number of nitrogens with zero attached hydrogens (tertiary/aromatic N) is 1. The number of hydroxylamine groups is 2. The van der Waals surface area contributed by atoms with Gasteiger partial charge in [0.25, 0.3) is 0 Å². The second kappa shape index (κ2) is 3.22. The fraction of sp³-hybridized carbons (Fsp3) is 0.417. The van der Waals surface area contributed by atoms with Crippen LogP contribution < -0.4 is 0 Å². The lowest BCUT2D eigenvalue weighted by Crippen LogP contribution is -2.30. The van der Waals surface area contributed by atoms with Crippen LogP contribution in [-0.2, 0) is 11.3 Å². The van der Waals surface area contributed by atoms with Crippen molar-refractivity contribution in [2.75, 3.05) is 6.54 Å². The summed E-state index contributed by atoms with van der Waals surface area (Å²) in [6, 6.07) is 10.1. The average molecular weight is 219 g/mol. The van der Waals surface area contributed by atoms with E-state index in [1.165, 1.54) is 5.56 Å². The van der Waals surface area contributed by atoms with Gasteiger partial charge in [-0.05, 0) is 12.0 Å². The predicted molar refractivity (Wildman–Crippen MR) is 56.8 cm³/mol. The molecule has 1 saturated heterocycles. The summed E-state index contributed by atoms with van der Waals surface area (Å²) in [5.74, 6) is 0.379. The Kier molecular flexibility index (Phi) is 1.94. The molecule has 1 amide bonds. The molecule has 4 heteroatoms. The average Bonchev–Trinajstić information content (AvgIpc) is 2.81. The van der Waals surface area contributed by atoms with Crippen LogP contribution in [0.1, 0.15) is 12.0 Å². The van der Waals surface area contributed by atoms with E-state index in [9.17, 15) is 4.79 Å². The van der Waals surface area contributed by atoms with Crippen molar-refractivity contribution in [2.24, 2.45) is 5.92 Å². The van der Waals surface area contributed by atoms with Crippen molar-refractivity contribution in [3.05, 3.63) is 35.9 Å². The van der Waals surface area contributed by atoms with Crippen LogP contribution in [-0.4, -0.2) is 28.4 Å². The lowest BCUT2D eigenvalue weighted by Gasteiger charge is -2.18. The monoisotopic (exact) mass is 219 g/mol. The van der Waals surface area contributed by atoms with Crippen LogP contribution in [0.15, 0.2) is 30.3 Å². The van der Waals surface area contributed by atoms with Crippen LogP contribution in [0.4, 0.5) is 4.79 Å². The highest BCUT2D eigenvalue weighted by Crippen LogP contribution is 2.54. The van der Waals surface area contributed by atoms with Crippen molar-refractivity contribution in [3.63, 3.8) is 0 Å². The lowest BCUT2D eigenvalue weighted by molar-refractivity contribution is -0.149. The lowest BCUT2D eigenvalue weighted by atomic mass is 10.1. The summed E-state index contributed by atoms with van der Waals surface area (Å²) in [4.78, 5) is 16.3. The Balaban J connectivity index is 1.72. The van der Waals surface area contributed by atoms with Crippen LogP contribution in [0, 0.1) is 5.92 Å². The van der Waals surface area contributed by atoms with Crippen LogP contribution in [0.2, 0.25) is 0 Å². The summed E-state index contributed by atoms with van der Waals surface area (Å²) in [5.41, 5.74) is 0.969. The molecule has 0 aromatic heterocycles. The highest BCUT2D eigenvalue weighted by Gasteiger charge is 2.63. The maximum atomic E-state index is 10.8. The van der Waals surface area contributed by atoms with E-state index < -0.39 is 6.09 Å². The Morgan fingerprint density at radius 2 is 2.25 bits per heavy atom. The van der Waals surface area contributed by atoms with Crippen molar-refractivity contribution in [3.8, 4) is 0 Å². The van der Waals surface area contributed by atoms with Crippen molar-refractivity contribution in [1.82, 2.24) is 5.06 Å². The Morgan fingerprint density at radius 3 is 2.88 bits per heavy atom. The molecule has 2 aliphatic rings. The molecule has 16 heavy (non-hydrogen) atoms. The van der Waals surface area contributed by atoms with E-state index in [2.05, 4.69) is 12.1 Å². The van der Waals surface area contributed by atoms with Gasteiger partial charge in [-0.15, -0.1) is 0 Å². The third-order valence-corrected chi connectivity index (χ3v) is 3.41. The molecule has 0 bridgehead atoms. The van der Waals surface area contributed by atoms with Gasteiger partial charge >= 0.3 is 6.09 Å². The van der Waals surface area contributed by atoms with E-state index in [-0.39, 0.29) is 5.60 Å². The quantitative estimate of drug-likeness (QED) is 0.826. The van der Waals surface area contributed by atoms with Crippen LogP contribution in [0.3, 0.4) is 0 Å². The molecule has 1 aromatic carbocycles. The Labute approximate surface area is 93.4 Å². The molecule has 1 aromatic rings. The number of hydrogen-bond acceptors (Lipinski definition) is 2.